The maximum Gasteiger partial charge on any atom is 0.329 e. The lowest BCUT2D eigenvalue weighted by molar-refractivity contribution is -0.147. The van der Waals surface area contributed by atoms with Crippen molar-refractivity contribution in [1.82, 2.24) is 10.2 Å². The highest BCUT2D eigenvalue weighted by atomic mass is 16.5. The minimum atomic E-state index is -1.09. The number of hydrogen-bond acceptors (Lipinski definition) is 4. The first-order valence-corrected chi connectivity index (χ1v) is 6.37. The topological polar surface area (TPSA) is 95.9 Å². The highest BCUT2D eigenvalue weighted by Gasteiger charge is 2.52. The zero-order valence-corrected chi connectivity index (χ0v) is 10.8. The van der Waals surface area contributed by atoms with Crippen LogP contribution in [-0.4, -0.2) is 53.7 Å². The Morgan fingerprint density at radius 2 is 2.05 bits per heavy atom. The summed E-state index contributed by atoms with van der Waals surface area (Å²) in [6, 6.07) is -0.409. The van der Waals surface area contributed by atoms with Crippen LogP contribution in [0.3, 0.4) is 0 Å². The number of esters is 1. The van der Waals surface area contributed by atoms with Crippen LogP contribution >= 0.6 is 0 Å². The standard InChI is InChI=1S/C12H18N2O5/c1-19-9(15)8-3-2-6-14(7-8)11(18)13-12(4-5-12)10(16)17/h8H,2-7H2,1H3,(H,13,18)(H,16,17). The fourth-order valence-electron chi connectivity index (χ4n) is 2.32. The molecular formula is C12H18N2O5. The zero-order chi connectivity index (χ0) is 14.0. The van der Waals surface area contributed by atoms with Gasteiger partial charge in [0.15, 0.2) is 0 Å². The van der Waals surface area contributed by atoms with E-state index in [0.29, 0.717) is 32.2 Å². The molecule has 1 saturated carbocycles. The van der Waals surface area contributed by atoms with Crippen LogP contribution in [0.15, 0.2) is 0 Å². The predicted octanol–water partition coefficient (Wildman–Crippen LogP) is 0.198. The van der Waals surface area contributed by atoms with Crippen molar-refractivity contribution in [2.45, 2.75) is 31.2 Å². The number of carboxylic acids is 1. The van der Waals surface area contributed by atoms with E-state index in [1.54, 1.807) is 0 Å². The van der Waals surface area contributed by atoms with Crippen molar-refractivity contribution >= 4 is 18.0 Å². The van der Waals surface area contributed by atoms with Gasteiger partial charge in [-0.3, -0.25) is 4.79 Å². The van der Waals surface area contributed by atoms with Crippen LogP contribution < -0.4 is 5.32 Å². The first kappa shape index (κ1) is 13.6. The zero-order valence-electron chi connectivity index (χ0n) is 10.8. The molecule has 0 spiro atoms. The third-order valence-corrected chi connectivity index (χ3v) is 3.75. The molecule has 19 heavy (non-hydrogen) atoms. The molecule has 7 heteroatoms. The first-order chi connectivity index (χ1) is 8.98. The molecule has 106 valence electrons. The third kappa shape index (κ3) is 2.80. The molecular weight excluding hydrogens is 252 g/mol. The second kappa shape index (κ2) is 5.07. The average Bonchev–Trinajstić information content (AvgIpc) is 3.19. The number of urea groups is 1. The molecule has 1 atom stereocenters. The normalized spacial score (nSPS) is 24.5. The quantitative estimate of drug-likeness (QED) is 0.714. The van der Waals surface area contributed by atoms with Gasteiger partial charge in [0.1, 0.15) is 5.54 Å². The van der Waals surface area contributed by atoms with Gasteiger partial charge in [0.05, 0.1) is 13.0 Å². The van der Waals surface area contributed by atoms with Crippen molar-refractivity contribution in [1.29, 1.82) is 0 Å². The van der Waals surface area contributed by atoms with Gasteiger partial charge in [0, 0.05) is 13.1 Å². The Bertz CT molecular complexity index is 405. The Balaban J connectivity index is 1.92. The van der Waals surface area contributed by atoms with Crippen molar-refractivity contribution in [3.8, 4) is 0 Å². The monoisotopic (exact) mass is 270 g/mol. The molecule has 1 aliphatic heterocycles. The van der Waals surface area contributed by atoms with Crippen LogP contribution in [0.25, 0.3) is 0 Å². The highest BCUT2D eigenvalue weighted by molar-refractivity contribution is 5.89. The van der Waals surface area contributed by atoms with E-state index in [4.69, 9.17) is 5.11 Å². The van der Waals surface area contributed by atoms with E-state index in [2.05, 4.69) is 10.1 Å². The van der Waals surface area contributed by atoms with Gasteiger partial charge in [-0.1, -0.05) is 0 Å². The number of likely N-dealkylation sites (tertiary alicyclic amines) is 1. The fraction of sp³-hybridized carbons (Fsp3) is 0.750. The molecule has 2 fully saturated rings. The number of piperidine rings is 1. The van der Waals surface area contributed by atoms with Crippen LogP contribution in [-0.2, 0) is 14.3 Å². The number of ether oxygens (including phenoxy) is 1. The summed E-state index contributed by atoms with van der Waals surface area (Å²) in [6.07, 6.45) is 2.33. The molecule has 7 nitrogen and oxygen atoms in total. The van der Waals surface area contributed by atoms with Gasteiger partial charge >= 0.3 is 18.0 Å². The summed E-state index contributed by atoms with van der Waals surface area (Å²) < 4.78 is 4.68. The maximum atomic E-state index is 12.0. The molecule has 2 amide bonds. The minimum Gasteiger partial charge on any atom is -0.480 e. The molecule has 1 saturated heterocycles. The number of hydrogen-bond donors (Lipinski definition) is 2. The number of nitrogens with zero attached hydrogens (tertiary/aromatic N) is 1. The molecule has 1 aliphatic carbocycles. The van der Waals surface area contributed by atoms with Crippen molar-refractivity contribution in [2.24, 2.45) is 5.92 Å². The third-order valence-electron chi connectivity index (χ3n) is 3.75. The van der Waals surface area contributed by atoms with Gasteiger partial charge < -0.3 is 20.1 Å². The van der Waals surface area contributed by atoms with E-state index in [0.717, 1.165) is 0 Å². The SMILES string of the molecule is COC(=O)C1CCCN(C(=O)NC2(C(=O)O)CC2)C1. The van der Waals surface area contributed by atoms with E-state index < -0.39 is 17.5 Å². The number of carbonyl (C=O) groups is 3. The highest BCUT2D eigenvalue weighted by Crippen LogP contribution is 2.35. The van der Waals surface area contributed by atoms with Crippen molar-refractivity contribution in [3.05, 3.63) is 0 Å². The molecule has 0 aromatic heterocycles. The lowest BCUT2D eigenvalue weighted by Gasteiger charge is -2.32. The van der Waals surface area contributed by atoms with Crippen LogP contribution in [0.1, 0.15) is 25.7 Å². The Labute approximate surface area is 110 Å². The number of methoxy groups -OCH3 is 1. The number of rotatable bonds is 3. The summed E-state index contributed by atoms with van der Waals surface area (Å²) in [4.78, 5) is 36.0. The Morgan fingerprint density at radius 3 is 2.58 bits per heavy atom. The first-order valence-electron chi connectivity index (χ1n) is 6.37. The molecule has 0 bridgehead atoms. The van der Waals surface area contributed by atoms with Crippen molar-refractivity contribution in [2.75, 3.05) is 20.2 Å². The van der Waals surface area contributed by atoms with Gasteiger partial charge in [-0.2, -0.15) is 0 Å². The molecule has 0 aromatic carbocycles. The van der Waals surface area contributed by atoms with Crippen LogP contribution in [0.2, 0.25) is 0 Å². The lowest BCUT2D eigenvalue weighted by Crippen LogP contribution is -2.52. The summed E-state index contributed by atoms with van der Waals surface area (Å²) in [6.45, 7) is 0.823. The summed E-state index contributed by atoms with van der Waals surface area (Å²) >= 11 is 0. The van der Waals surface area contributed by atoms with Gasteiger partial charge in [-0.25, -0.2) is 9.59 Å². The van der Waals surface area contributed by atoms with E-state index in [9.17, 15) is 14.4 Å². The van der Waals surface area contributed by atoms with Crippen molar-refractivity contribution in [3.63, 3.8) is 0 Å². The van der Waals surface area contributed by atoms with Gasteiger partial charge in [-0.05, 0) is 25.7 Å². The van der Waals surface area contributed by atoms with E-state index in [1.807, 2.05) is 0 Å². The fourth-order valence-corrected chi connectivity index (χ4v) is 2.32. The second-order valence-corrected chi connectivity index (χ2v) is 5.13. The molecule has 2 rings (SSSR count). The van der Waals surface area contributed by atoms with E-state index in [1.165, 1.54) is 12.0 Å². The van der Waals surface area contributed by atoms with Crippen LogP contribution in [0, 0.1) is 5.92 Å². The number of aliphatic carboxylic acids is 1. The molecule has 2 N–H and O–H groups in total. The van der Waals surface area contributed by atoms with E-state index >= 15 is 0 Å². The summed E-state index contributed by atoms with van der Waals surface area (Å²) in [7, 11) is 1.32. The van der Waals surface area contributed by atoms with Gasteiger partial charge in [0.25, 0.3) is 0 Å². The summed E-state index contributed by atoms with van der Waals surface area (Å²) in [5, 5.41) is 11.6. The number of carbonyl (C=O) groups excluding carboxylic acids is 2. The van der Waals surface area contributed by atoms with Crippen LogP contribution in [0.4, 0.5) is 4.79 Å². The second-order valence-electron chi connectivity index (χ2n) is 5.13. The molecule has 1 heterocycles. The average molecular weight is 270 g/mol. The molecule has 2 aliphatic rings. The smallest absolute Gasteiger partial charge is 0.329 e. The van der Waals surface area contributed by atoms with Crippen molar-refractivity contribution < 1.29 is 24.2 Å². The Morgan fingerprint density at radius 1 is 1.37 bits per heavy atom. The lowest BCUT2D eigenvalue weighted by atomic mass is 9.98. The summed E-state index contributed by atoms with van der Waals surface area (Å²) in [5.41, 5.74) is -1.09. The Hall–Kier alpha value is -1.79. The van der Waals surface area contributed by atoms with E-state index in [-0.39, 0.29) is 18.4 Å². The van der Waals surface area contributed by atoms with Crippen LogP contribution in [0.5, 0.6) is 0 Å². The number of amides is 2. The Kier molecular flexibility index (Phi) is 3.64. The van der Waals surface area contributed by atoms with Gasteiger partial charge in [0.2, 0.25) is 0 Å². The minimum absolute atomic E-state index is 0.286. The largest absolute Gasteiger partial charge is 0.480 e. The molecule has 0 aromatic rings. The molecule has 0 radical (unpaired) electrons. The summed E-state index contributed by atoms with van der Waals surface area (Å²) in [5.74, 6) is -1.64. The maximum absolute atomic E-state index is 12.0. The van der Waals surface area contributed by atoms with Gasteiger partial charge in [-0.15, -0.1) is 0 Å². The number of carboxylic acid groups (broad SMARTS) is 1. The predicted molar refractivity (Wildman–Crippen MR) is 64.4 cm³/mol. The molecule has 1 unspecified atom stereocenters. The number of nitrogens with one attached hydrogen (secondary N) is 1.